The minimum atomic E-state index is -0.408. The van der Waals surface area contributed by atoms with E-state index in [0.717, 1.165) is 19.3 Å². The van der Waals surface area contributed by atoms with E-state index in [2.05, 4.69) is 11.3 Å². The van der Waals surface area contributed by atoms with Crippen molar-refractivity contribution in [2.24, 2.45) is 5.92 Å². The molecule has 0 aromatic rings. The first-order valence-corrected chi connectivity index (χ1v) is 6.26. The lowest BCUT2D eigenvalue weighted by Crippen LogP contribution is -2.03. The Hall–Kier alpha value is -1.38. The van der Waals surface area contributed by atoms with Crippen LogP contribution in [0.4, 0.5) is 0 Å². The third-order valence-electron chi connectivity index (χ3n) is 2.80. The quantitative estimate of drug-likeness (QED) is 0.281. The van der Waals surface area contributed by atoms with Crippen LogP contribution in [0.2, 0.25) is 0 Å². The van der Waals surface area contributed by atoms with Gasteiger partial charge in [-0.15, -0.1) is 6.58 Å². The van der Waals surface area contributed by atoms with E-state index in [0.29, 0.717) is 0 Å². The molecule has 0 N–H and O–H groups in total. The lowest BCUT2D eigenvalue weighted by atomic mass is 10.1. The molecular weight excluding hydrogens is 216 g/mol. The maximum atomic E-state index is 11.1. The number of rotatable bonds is 8. The molecule has 3 heteroatoms. The minimum Gasteiger partial charge on any atom is -0.393 e. The zero-order valence-electron chi connectivity index (χ0n) is 10.2. The average Bonchev–Trinajstić information content (AvgIpc) is 2.61. The Morgan fingerprint density at radius 3 is 2.47 bits per heavy atom. The molecule has 0 aromatic carbocycles. The van der Waals surface area contributed by atoms with Crippen molar-refractivity contribution in [3.8, 4) is 0 Å². The van der Waals surface area contributed by atoms with Crippen molar-refractivity contribution in [1.82, 2.24) is 0 Å². The van der Waals surface area contributed by atoms with Gasteiger partial charge in [-0.2, -0.15) is 0 Å². The second-order valence-corrected chi connectivity index (χ2v) is 4.31. The predicted molar refractivity (Wildman–Crippen MR) is 66.2 cm³/mol. The van der Waals surface area contributed by atoms with E-state index in [-0.39, 0.29) is 12.3 Å². The smallest absolute Gasteiger partial charge is 0.321 e. The summed E-state index contributed by atoms with van der Waals surface area (Å²) in [6.45, 7) is 3.68. The molecule has 1 atom stereocenters. The molecule has 17 heavy (non-hydrogen) atoms. The maximum Gasteiger partial charge on any atom is 0.321 e. The van der Waals surface area contributed by atoms with Gasteiger partial charge < -0.3 is 4.74 Å². The first-order valence-electron chi connectivity index (χ1n) is 6.26. The first kappa shape index (κ1) is 13.7. The molecule has 1 heterocycles. The minimum absolute atomic E-state index is 0.203. The first-order chi connectivity index (χ1) is 8.24. The van der Waals surface area contributed by atoms with Gasteiger partial charge in [0.15, 0.2) is 0 Å². The molecular formula is C14H20O3. The van der Waals surface area contributed by atoms with Crippen LogP contribution < -0.4 is 0 Å². The second kappa shape index (κ2) is 7.82. The van der Waals surface area contributed by atoms with Gasteiger partial charge in [0.2, 0.25) is 0 Å². The average molecular weight is 236 g/mol. The van der Waals surface area contributed by atoms with E-state index >= 15 is 0 Å². The molecule has 0 amide bonds. The molecule has 0 saturated carbocycles. The summed E-state index contributed by atoms with van der Waals surface area (Å²) < 4.78 is 4.46. The molecule has 1 aliphatic heterocycles. The fraction of sp³-hybridized carbons (Fsp3) is 0.571. The van der Waals surface area contributed by atoms with E-state index in [1.807, 2.05) is 12.2 Å². The molecule has 1 fully saturated rings. The molecule has 1 aliphatic rings. The lowest BCUT2D eigenvalue weighted by molar-refractivity contribution is -0.152. The van der Waals surface area contributed by atoms with E-state index in [4.69, 9.17) is 0 Å². The highest BCUT2D eigenvalue weighted by molar-refractivity contribution is 5.95. The van der Waals surface area contributed by atoms with Gasteiger partial charge >= 0.3 is 11.9 Å². The zero-order valence-corrected chi connectivity index (χ0v) is 10.2. The Bertz CT molecular complexity index is 305. The Morgan fingerprint density at radius 1 is 1.18 bits per heavy atom. The highest BCUT2D eigenvalue weighted by atomic mass is 16.6. The molecule has 1 saturated heterocycles. The van der Waals surface area contributed by atoms with E-state index in [1.165, 1.54) is 19.3 Å². The molecule has 0 radical (unpaired) electrons. The van der Waals surface area contributed by atoms with Crippen molar-refractivity contribution in [3.05, 3.63) is 24.8 Å². The molecule has 3 nitrogen and oxygen atoms in total. The van der Waals surface area contributed by atoms with E-state index < -0.39 is 11.9 Å². The van der Waals surface area contributed by atoms with Crippen LogP contribution in [0.25, 0.3) is 0 Å². The van der Waals surface area contributed by atoms with Gasteiger partial charge in [-0.05, 0) is 25.7 Å². The number of carbonyl (C=O) groups is 2. The number of ether oxygens (including phenoxy) is 1. The van der Waals surface area contributed by atoms with Crippen LogP contribution in [0, 0.1) is 5.92 Å². The molecule has 1 rings (SSSR count). The van der Waals surface area contributed by atoms with Crippen LogP contribution in [0.15, 0.2) is 24.8 Å². The molecule has 94 valence electrons. The van der Waals surface area contributed by atoms with Gasteiger partial charge in [-0.3, -0.25) is 9.59 Å². The lowest BCUT2D eigenvalue weighted by Gasteiger charge is -1.97. The number of esters is 2. The second-order valence-electron chi connectivity index (χ2n) is 4.31. The van der Waals surface area contributed by atoms with Crippen LogP contribution in [-0.4, -0.2) is 11.9 Å². The van der Waals surface area contributed by atoms with Crippen LogP contribution >= 0.6 is 0 Å². The fourth-order valence-electron chi connectivity index (χ4n) is 1.80. The Labute approximate surface area is 103 Å². The zero-order chi connectivity index (χ0) is 12.5. The number of unbranched alkanes of at least 4 members (excludes halogenated alkanes) is 5. The van der Waals surface area contributed by atoms with Gasteiger partial charge in [-0.25, -0.2) is 0 Å². The van der Waals surface area contributed by atoms with Crippen molar-refractivity contribution in [1.29, 1.82) is 0 Å². The number of hydrogen-bond acceptors (Lipinski definition) is 3. The van der Waals surface area contributed by atoms with Gasteiger partial charge in [0.25, 0.3) is 0 Å². The summed E-state index contributed by atoms with van der Waals surface area (Å²) >= 11 is 0. The van der Waals surface area contributed by atoms with Gasteiger partial charge in [0.1, 0.15) is 0 Å². The number of allylic oxidation sites excluding steroid dienone is 2. The predicted octanol–water partition coefficient (Wildman–Crippen LogP) is 3.16. The number of hydrogen-bond donors (Lipinski definition) is 0. The third-order valence-corrected chi connectivity index (χ3v) is 2.80. The van der Waals surface area contributed by atoms with Crippen LogP contribution in [-0.2, 0) is 14.3 Å². The Kier molecular flexibility index (Phi) is 6.30. The SMILES string of the molecule is C=CCCCCCC/C=C/C1CC(=O)OC1=O. The molecule has 0 aliphatic carbocycles. The Balaban J connectivity index is 2.04. The van der Waals surface area contributed by atoms with Crippen molar-refractivity contribution in [2.45, 2.75) is 44.9 Å². The highest BCUT2D eigenvalue weighted by Gasteiger charge is 2.30. The summed E-state index contributed by atoms with van der Waals surface area (Å²) in [5, 5.41) is 0. The number of cyclic esters (lactones) is 2. The van der Waals surface area contributed by atoms with Crippen molar-refractivity contribution in [3.63, 3.8) is 0 Å². The maximum absolute atomic E-state index is 11.1. The van der Waals surface area contributed by atoms with Gasteiger partial charge in [0.05, 0.1) is 12.3 Å². The summed E-state index contributed by atoms with van der Waals surface area (Å²) in [6, 6.07) is 0. The third kappa shape index (κ3) is 5.48. The largest absolute Gasteiger partial charge is 0.393 e. The summed E-state index contributed by atoms with van der Waals surface area (Å²) in [5.41, 5.74) is 0. The summed E-state index contributed by atoms with van der Waals surface area (Å²) in [7, 11) is 0. The Morgan fingerprint density at radius 2 is 1.88 bits per heavy atom. The molecule has 0 aromatic heterocycles. The van der Waals surface area contributed by atoms with Crippen molar-refractivity contribution in [2.75, 3.05) is 0 Å². The van der Waals surface area contributed by atoms with E-state index in [9.17, 15) is 9.59 Å². The summed E-state index contributed by atoms with van der Waals surface area (Å²) in [5.74, 6) is -1.16. The highest BCUT2D eigenvalue weighted by Crippen LogP contribution is 2.17. The number of carbonyl (C=O) groups excluding carboxylic acids is 2. The van der Waals surface area contributed by atoms with E-state index in [1.54, 1.807) is 6.08 Å². The standard InChI is InChI=1S/C14H20O3/c1-2-3-4-5-6-7-8-9-10-12-11-13(15)17-14(12)16/h2,9-10,12H,1,3-8,11H2/b10-9+. The summed E-state index contributed by atoms with van der Waals surface area (Å²) in [4.78, 5) is 21.9. The van der Waals surface area contributed by atoms with Crippen LogP contribution in [0.3, 0.4) is 0 Å². The molecule has 1 unspecified atom stereocenters. The van der Waals surface area contributed by atoms with Gasteiger partial charge in [0, 0.05) is 0 Å². The monoisotopic (exact) mass is 236 g/mol. The topological polar surface area (TPSA) is 43.4 Å². The fourth-order valence-corrected chi connectivity index (χ4v) is 1.80. The molecule has 0 spiro atoms. The van der Waals surface area contributed by atoms with Crippen LogP contribution in [0.5, 0.6) is 0 Å². The van der Waals surface area contributed by atoms with Crippen molar-refractivity contribution < 1.29 is 14.3 Å². The summed E-state index contributed by atoms with van der Waals surface area (Å²) in [6.07, 6.45) is 12.8. The van der Waals surface area contributed by atoms with Crippen molar-refractivity contribution >= 4 is 11.9 Å². The van der Waals surface area contributed by atoms with Crippen LogP contribution in [0.1, 0.15) is 44.9 Å². The molecule has 0 bridgehead atoms. The van der Waals surface area contributed by atoms with Gasteiger partial charge in [-0.1, -0.05) is 31.1 Å². The normalized spacial score (nSPS) is 19.9.